The van der Waals surface area contributed by atoms with Crippen molar-refractivity contribution in [2.45, 2.75) is 43.1 Å². The molecule has 1 atom stereocenters. The number of rotatable bonds is 5. The Bertz CT molecular complexity index is 978. The van der Waals surface area contributed by atoms with E-state index in [0.717, 1.165) is 25.8 Å². The van der Waals surface area contributed by atoms with Crippen molar-refractivity contribution in [2.24, 2.45) is 0 Å². The second-order valence-electron chi connectivity index (χ2n) is 6.94. The maximum Gasteiger partial charge on any atom is 0.276 e. The van der Waals surface area contributed by atoms with Crippen LogP contribution in [-0.4, -0.2) is 48.4 Å². The predicted molar refractivity (Wildman–Crippen MR) is 107 cm³/mol. The Morgan fingerprint density at radius 3 is 2.69 bits per heavy atom. The topological polar surface area (TPSA) is 76.8 Å². The summed E-state index contributed by atoms with van der Waals surface area (Å²) in [6, 6.07) is 7.89. The van der Waals surface area contributed by atoms with Crippen molar-refractivity contribution in [1.29, 1.82) is 0 Å². The van der Waals surface area contributed by atoms with E-state index in [1.807, 2.05) is 4.90 Å². The van der Waals surface area contributed by atoms with Gasteiger partial charge in [0.25, 0.3) is 5.91 Å². The summed E-state index contributed by atoms with van der Waals surface area (Å²) in [6.45, 7) is 2.78. The van der Waals surface area contributed by atoms with Crippen LogP contribution in [0, 0.1) is 5.82 Å². The van der Waals surface area contributed by atoms with Gasteiger partial charge in [-0.25, -0.2) is 19.0 Å². The third-order valence-corrected chi connectivity index (χ3v) is 5.87. The van der Waals surface area contributed by atoms with Gasteiger partial charge in [0.2, 0.25) is 0 Å². The molecule has 3 heterocycles. The fraction of sp³-hybridized carbons (Fsp3) is 0.350. The van der Waals surface area contributed by atoms with E-state index in [-0.39, 0.29) is 17.8 Å². The Morgan fingerprint density at radius 1 is 1.21 bits per heavy atom. The van der Waals surface area contributed by atoms with E-state index in [4.69, 9.17) is 0 Å². The number of piperidine rings is 1. The molecule has 1 amide bonds. The number of carbonyl (C=O) groups excluding carboxylic acids is 1. The number of benzene rings is 1. The maximum atomic E-state index is 13.4. The molecule has 1 fully saturated rings. The van der Waals surface area contributed by atoms with Gasteiger partial charge < -0.3 is 4.90 Å². The lowest BCUT2D eigenvalue weighted by atomic mass is 10.0. The predicted octanol–water partition coefficient (Wildman–Crippen LogP) is 3.50. The molecule has 1 saturated heterocycles. The molecule has 0 radical (unpaired) electrons. The minimum absolute atomic E-state index is 0.116. The van der Waals surface area contributed by atoms with Gasteiger partial charge in [-0.15, -0.1) is 5.10 Å². The highest BCUT2D eigenvalue weighted by atomic mass is 32.2. The van der Waals surface area contributed by atoms with Crippen molar-refractivity contribution in [3.05, 3.63) is 59.9 Å². The number of hydrogen-bond acceptors (Lipinski definition) is 6. The van der Waals surface area contributed by atoms with E-state index in [0.29, 0.717) is 28.0 Å². The number of hydrogen-bond donors (Lipinski definition) is 0. The average Bonchev–Trinajstić information content (AvgIpc) is 3.17. The lowest BCUT2D eigenvalue weighted by Crippen LogP contribution is -2.42. The molecule has 4 rings (SSSR count). The minimum Gasteiger partial charge on any atom is -0.334 e. The Balaban J connectivity index is 1.68. The van der Waals surface area contributed by atoms with Gasteiger partial charge in [-0.2, -0.15) is 0 Å². The van der Waals surface area contributed by atoms with Gasteiger partial charge in [-0.05, 0) is 56.5 Å². The first-order valence-electron chi connectivity index (χ1n) is 9.55. The first-order chi connectivity index (χ1) is 14.1. The number of aromatic nitrogens is 5. The molecule has 0 saturated carbocycles. The van der Waals surface area contributed by atoms with Gasteiger partial charge >= 0.3 is 0 Å². The molecule has 1 aliphatic heterocycles. The van der Waals surface area contributed by atoms with Gasteiger partial charge in [0.15, 0.2) is 10.9 Å². The largest absolute Gasteiger partial charge is 0.334 e. The molecule has 0 bridgehead atoms. The Kier molecular flexibility index (Phi) is 5.84. The van der Waals surface area contributed by atoms with Crippen LogP contribution in [-0.2, 0) is 5.75 Å². The first-order valence-corrected chi connectivity index (χ1v) is 10.5. The highest BCUT2D eigenvalue weighted by Gasteiger charge is 2.29. The summed E-state index contributed by atoms with van der Waals surface area (Å²) in [7, 11) is 0. The summed E-state index contributed by atoms with van der Waals surface area (Å²) in [5.41, 5.74) is 1.62. The maximum absolute atomic E-state index is 13.4. The summed E-state index contributed by atoms with van der Waals surface area (Å²) in [6.07, 6.45) is 6.45. The van der Waals surface area contributed by atoms with Crippen LogP contribution in [0.4, 0.5) is 4.39 Å². The van der Waals surface area contributed by atoms with Crippen molar-refractivity contribution in [1.82, 2.24) is 29.9 Å². The zero-order valence-electron chi connectivity index (χ0n) is 16.0. The van der Waals surface area contributed by atoms with Crippen molar-refractivity contribution < 1.29 is 9.18 Å². The summed E-state index contributed by atoms with van der Waals surface area (Å²) in [4.78, 5) is 23.6. The summed E-state index contributed by atoms with van der Waals surface area (Å²) < 4.78 is 15.0. The number of thioether (sulfide) groups is 1. The molecule has 1 aliphatic rings. The quantitative estimate of drug-likeness (QED) is 0.472. The summed E-state index contributed by atoms with van der Waals surface area (Å²) in [5.74, 6) is -0.0337. The second-order valence-corrected chi connectivity index (χ2v) is 7.88. The molecule has 0 aliphatic carbocycles. The van der Waals surface area contributed by atoms with Crippen molar-refractivity contribution in [2.75, 3.05) is 6.54 Å². The minimum atomic E-state index is -0.332. The van der Waals surface area contributed by atoms with Gasteiger partial charge in [0, 0.05) is 30.7 Å². The first kappa shape index (κ1) is 19.5. The Hall–Kier alpha value is -2.81. The molecular formula is C20H21FN6OS. The molecule has 3 aromatic rings. The number of amides is 1. The van der Waals surface area contributed by atoms with Gasteiger partial charge in [0.05, 0.1) is 11.4 Å². The monoisotopic (exact) mass is 412 g/mol. The van der Waals surface area contributed by atoms with Crippen LogP contribution in [0.1, 0.15) is 42.4 Å². The normalized spacial score (nSPS) is 16.8. The van der Waals surface area contributed by atoms with E-state index in [1.165, 1.54) is 23.9 Å². The molecular weight excluding hydrogens is 391 g/mol. The third kappa shape index (κ3) is 4.29. The smallest absolute Gasteiger partial charge is 0.276 e. The summed E-state index contributed by atoms with van der Waals surface area (Å²) in [5, 5.41) is 9.02. The fourth-order valence-corrected chi connectivity index (χ4v) is 4.21. The highest BCUT2D eigenvalue weighted by molar-refractivity contribution is 7.98. The average molecular weight is 412 g/mol. The molecule has 1 aromatic carbocycles. The molecule has 1 unspecified atom stereocenters. The zero-order valence-corrected chi connectivity index (χ0v) is 16.8. The molecule has 7 nitrogen and oxygen atoms in total. The molecule has 29 heavy (non-hydrogen) atoms. The number of carbonyl (C=O) groups is 1. The SMILES string of the molecule is CC1CCCCN1C(=O)c1nnn(-c2ccc(F)cc2)c1CSc1ncccn1. The lowest BCUT2D eigenvalue weighted by Gasteiger charge is -2.33. The van der Waals surface area contributed by atoms with Gasteiger partial charge in [-0.3, -0.25) is 4.79 Å². The lowest BCUT2D eigenvalue weighted by molar-refractivity contribution is 0.0628. The Morgan fingerprint density at radius 2 is 1.97 bits per heavy atom. The fourth-order valence-electron chi connectivity index (χ4n) is 3.42. The van der Waals surface area contributed by atoms with Crippen LogP contribution in [0.15, 0.2) is 47.9 Å². The van der Waals surface area contributed by atoms with Crippen LogP contribution in [0.25, 0.3) is 5.69 Å². The molecule has 0 N–H and O–H groups in total. The molecule has 150 valence electrons. The molecule has 9 heteroatoms. The van der Waals surface area contributed by atoms with Crippen LogP contribution in [0.5, 0.6) is 0 Å². The number of likely N-dealkylation sites (tertiary alicyclic amines) is 1. The van der Waals surface area contributed by atoms with Gasteiger partial charge in [0.1, 0.15) is 5.82 Å². The van der Waals surface area contributed by atoms with Crippen LogP contribution in [0.2, 0.25) is 0 Å². The van der Waals surface area contributed by atoms with Crippen LogP contribution >= 0.6 is 11.8 Å². The standard InChI is InChI=1S/C20H21FN6OS/c1-14-5-2-3-12-26(14)19(28)18-17(13-29-20-22-10-4-11-23-20)27(25-24-18)16-8-6-15(21)7-9-16/h4,6-11,14H,2-3,5,12-13H2,1H3. The number of nitrogens with zero attached hydrogens (tertiary/aromatic N) is 6. The van der Waals surface area contributed by atoms with Crippen molar-refractivity contribution in [3.8, 4) is 5.69 Å². The van der Waals surface area contributed by atoms with E-state index in [1.54, 1.807) is 35.3 Å². The zero-order chi connectivity index (χ0) is 20.2. The van der Waals surface area contributed by atoms with Crippen LogP contribution < -0.4 is 0 Å². The van der Waals surface area contributed by atoms with Gasteiger partial charge in [-0.1, -0.05) is 17.0 Å². The Labute approximate surface area is 172 Å². The highest BCUT2D eigenvalue weighted by Crippen LogP contribution is 2.25. The van der Waals surface area contributed by atoms with Crippen molar-refractivity contribution >= 4 is 17.7 Å². The summed E-state index contributed by atoms with van der Waals surface area (Å²) >= 11 is 1.40. The molecule has 0 spiro atoms. The third-order valence-electron chi connectivity index (χ3n) is 4.98. The van der Waals surface area contributed by atoms with E-state index < -0.39 is 0 Å². The van der Waals surface area contributed by atoms with E-state index in [2.05, 4.69) is 27.2 Å². The number of halogens is 1. The van der Waals surface area contributed by atoms with E-state index in [9.17, 15) is 9.18 Å². The van der Waals surface area contributed by atoms with E-state index >= 15 is 0 Å². The van der Waals surface area contributed by atoms with Crippen LogP contribution in [0.3, 0.4) is 0 Å². The molecule has 2 aromatic heterocycles. The van der Waals surface area contributed by atoms with Crippen molar-refractivity contribution in [3.63, 3.8) is 0 Å². The second kappa shape index (κ2) is 8.69.